The van der Waals surface area contributed by atoms with E-state index >= 15 is 0 Å². The third-order valence-electron chi connectivity index (χ3n) is 6.96. The van der Waals surface area contributed by atoms with E-state index in [-0.39, 0.29) is 17.9 Å². The molecule has 2 N–H and O–H groups in total. The monoisotopic (exact) mass is 428 g/mol. The molecule has 4 saturated carbocycles. The molecule has 4 fully saturated rings. The lowest BCUT2D eigenvalue weighted by atomic mass is 9.49. The highest BCUT2D eigenvalue weighted by Crippen LogP contribution is 2.61. The quantitative estimate of drug-likeness (QED) is 0.589. The minimum Gasteiger partial charge on any atom is -0.492 e. The lowest BCUT2D eigenvalue weighted by Crippen LogP contribution is -2.48. The smallest absolute Gasteiger partial charge is 0.325 e. The lowest BCUT2D eigenvalue weighted by Gasteiger charge is -2.56. The van der Waals surface area contributed by atoms with E-state index in [1.165, 1.54) is 19.3 Å². The van der Waals surface area contributed by atoms with Crippen LogP contribution in [0.3, 0.4) is 0 Å². The van der Waals surface area contributed by atoms with E-state index in [1.807, 2.05) is 13.0 Å². The normalized spacial score (nSPS) is 28.1. The van der Waals surface area contributed by atoms with Crippen molar-refractivity contribution in [2.24, 2.45) is 23.2 Å². The highest BCUT2D eigenvalue weighted by Gasteiger charge is 2.51. The third kappa shape index (κ3) is 5.38. The van der Waals surface area contributed by atoms with E-state index in [0.29, 0.717) is 24.5 Å². The molecule has 7 nitrogen and oxygen atoms in total. The second-order valence-corrected chi connectivity index (χ2v) is 9.51. The van der Waals surface area contributed by atoms with Crippen molar-refractivity contribution in [1.82, 2.24) is 5.32 Å². The maximum atomic E-state index is 12.5. The zero-order valence-electron chi connectivity index (χ0n) is 18.2. The van der Waals surface area contributed by atoms with Crippen molar-refractivity contribution in [2.75, 3.05) is 25.1 Å². The molecule has 0 atom stereocenters. The molecular weight excluding hydrogens is 396 g/mol. The first-order valence-corrected chi connectivity index (χ1v) is 11.4. The van der Waals surface area contributed by atoms with E-state index in [2.05, 4.69) is 10.6 Å². The summed E-state index contributed by atoms with van der Waals surface area (Å²) in [5, 5.41) is 5.36. The number of para-hydroxylation sites is 2. The first kappa shape index (κ1) is 21.7. The van der Waals surface area contributed by atoms with Crippen LogP contribution in [-0.2, 0) is 19.1 Å². The molecule has 0 aromatic heterocycles. The maximum Gasteiger partial charge on any atom is 0.325 e. The fraction of sp³-hybridized carbons (Fsp3) is 0.625. The molecule has 1 aromatic carbocycles. The van der Waals surface area contributed by atoms with Crippen molar-refractivity contribution < 1.29 is 23.9 Å². The summed E-state index contributed by atoms with van der Waals surface area (Å²) in [5.41, 5.74) is 0.658. The Labute approximate surface area is 183 Å². The van der Waals surface area contributed by atoms with E-state index in [0.717, 1.165) is 37.0 Å². The number of rotatable bonds is 9. The minimum atomic E-state index is -0.618. The first-order chi connectivity index (χ1) is 14.9. The van der Waals surface area contributed by atoms with Gasteiger partial charge in [-0.3, -0.25) is 14.4 Å². The Bertz CT molecular complexity index is 802. The zero-order valence-corrected chi connectivity index (χ0v) is 18.2. The van der Waals surface area contributed by atoms with Crippen molar-refractivity contribution in [1.29, 1.82) is 0 Å². The van der Waals surface area contributed by atoms with Gasteiger partial charge in [-0.25, -0.2) is 0 Å². The summed E-state index contributed by atoms with van der Waals surface area (Å²) >= 11 is 0. The lowest BCUT2D eigenvalue weighted by molar-refractivity contribution is -0.147. The van der Waals surface area contributed by atoms with E-state index in [9.17, 15) is 14.4 Å². The fourth-order valence-electron chi connectivity index (χ4n) is 6.31. The van der Waals surface area contributed by atoms with Gasteiger partial charge in [-0.15, -0.1) is 0 Å². The van der Waals surface area contributed by atoms with Gasteiger partial charge in [0.25, 0.3) is 5.91 Å². The number of benzene rings is 1. The Kier molecular flexibility index (Phi) is 6.49. The van der Waals surface area contributed by atoms with E-state index in [1.54, 1.807) is 18.2 Å². The maximum absolute atomic E-state index is 12.5. The molecule has 0 saturated heterocycles. The molecule has 0 spiro atoms. The molecule has 4 bridgehead atoms. The van der Waals surface area contributed by atoms with Crippen LogP contribution in [0.15, 0.2) is 24.3 Å². The second-order valence-electron chi connectivity index (χ2n) is 9.51. The van der Waals surface area contributed by atoms with Gasteiger partial charge in [0.15, 0.2) is 6.61 Å². The van der Waals surface area contributed by atoms with Crippen LogP contribution in [0, 0.1) is 23.2 Å². The third-order valence-corrected chi connectivity index (χ3v) is 6.96. The van der Waals surface area contributed by atoms with Gasteiger partial charge in [-0.2, -0.15) is 0 Å². The number of hydrogen-bond donors (Lipinski definition) is 2. The highest BCUT2D eigenvalue weighted by atomic mass is 16.5. The Morgan fingerprint density at radius 2 is 1.65 bits per heavy atom. The van der Waals surface area contributed by atoms with Crippen molar-refractivity contribution in [3.05, 3.63) is 24.3 Å². The van der Waals surface area contributed by atoms with Gasteiger partial charge >= 0.3 is 5.97 Å². The fourth-order valence-corrected chi connectivity index (χ4v) is 6.31. The molecule has 4 aliphatic carbocycles. The molecule has 7 heteroatoms. The number of carbonyl (C=O) groups is 3. The number of esters is 1. The molecular formula is C24H32N2O5. The Morgan fingerprint density at radius 1 is 1.00 bits per heavy atom. The van der Waals surface area contributed by atoms with E-state index < -0.39 is 18.5 Å². The number of hydrogen-bond acceptors (Lipinski definition) is 5. The number of amides is 2. The molecule has 168 valence electrons. The molecule has 0 heterocycles. The summed E-state index contributed by atoms with van der Waals surface area (Å²) in [5.74, 6) is 1.75. The Balaban J connectivity index is 1.18. The zero-order chi connectivity index (χ0) is 21.8. The number of carbonyl (C=O) groups excluding carboxylic acids is 3. The van der Waals surface area contributed by atoms with Gasteiger partial charge in [-0.1, -0.05) is 12.1 Å². The summed E-state index contributed by atoms with van der Waals surface area (Å²) in [6, 6.07) is 7.07. The van der Waals surface area contributed by atoms with Gasteiger partial charge in [0.05, 0.1) is 12.3 Å². The van der Waals surface area contributed by atoms with Crippen LogP contribution in [0.5, 0.6) is 5.75 Å². The molecule has 5 rings (SSSR count). The average Bonchev–Trinajstić information content (AvgIpc) is 2.71. The van der Waals surface area contributed by atoms with Crippen LogP contribution >= 0.6 is 0 Å². The van der Waals surface area contributed by atoms with Crippen molar-refractivity contribution in [3.63, 3.8) is 0 Å². The Morgan fingerprint density at radius 3 is 2.29 bits per heavy atom. The molecule has 0 unspecified atom stereocenters. The summed E-state index contributed by atoms with van der Waals surface area (Å²) in [4.78, 5) is 36.6. The summed E-state index contributed by atoms with van der Waals surface area (Å²) < 4.78 is 10.5. The predicted octanol–water partition coefficient (Wildman–Crippen LogP) is 3.29. The molecule has 0 radical (unpaired) electrons. The summed E-state index contributed by atoms with van der Waals surface area (Å²) in [6.45, 7) is 1.71. The number of ether oxygens (including phenoxy) is 2. The van der Waals surface area contributed by atoms with Crippen LogP contribution in [0.4, 0.5) is 5.69 Å². The van der Waals surface area contributed by atoms with Gasteiger partial charge in [-0.05, 0) is 80.8 Å². The largest absolute Gasteiger partial charge is 0.492 e. The van der Waals surface area contributed by atoms with Gasteiger partial charge in [0, 0.05) is 6.42 Å². The van der Waals surface area contributed by atoms with Crippen molar-refractivity contribution >= 4 is 23.5 Å². The standard InChI is InChI=1S/C24H32N2O5/c1-2-30-20-6-4-3-5-19(20)26-22(28)15-31-23(29)14-25-21(27)13-24-10-16-7-17(11-24)9-18(8-16)12-24/h3-6,16-18H,2,7-15H2,1H3,(H,25,27)(H,26,28). The van der Waals surface area contributed by atoms with Crippen LogP contribution in [-0.4, -0.2) is 37.5 Å². The topological polar surface area (TPSA) is 93.7 Å². The molecule has 0 aliphatic heterocycles. The Hall–Kier alpha value is -2.57. The van der Waals surface area contributed by atoms with Gasteiger partial charge < -0.3 is 20.1 Å². The summed E-state index contributed by atoms with van der Waals surface area (Å²) in [6.07, 6.45) is 7.97. The highest BCUT2D eigenvalue weighted by molar-refractivity contribution is 5.94. The predicted molar refractivity (Wildman–Crippen MR) is 115 cm³/mol. The summed E-state index contributed by atoms with van der Waals surface area (Å²) in [7, 11) is 0. The second kappa shape index (κ2) is 9.28. The van der Waals surface area contributed by atoms with Crippen molar-refractivity contribution in [3.8, 4) is 5.75 Å². The van der Waals surface area contributed by atoms with Crippen LogP contribution in [0.1, 0.15) is 51.9 Å². The first-order valence-electron chi connectivity index (χ1n) is 11.4. The SMILES string of the molecule is CCOc1ccccc1NC(=O)COC(=O)CNC(=O)CC12CC3CC(CC(C3)C1)C2. The van der Waals surface area contributed by atoms with Crippen LogP contribution in [0.25, 0.3) is 0 Å². The van der Waals surface area contributed by atoms with Gasteiger partial charge in [0.1, 0.15) is 12.3 Å². The molecule has 1 aromatic rings. The van der Waals surface area contributed by atoms with Crippen molar-refractivity contribution in [2.45, 2.75) is 51.9 Å². The van der Waals surface area contributed by atoms with Crippen LogP contribution in [0.2, 0.25) is 0 Å². The van der Waals surface area contributed by atoms with E-state index in [4.69, 9.17) is 9.47 Å². The number of nitrogens with one attached hydrogen (secondary N) is 2. The average molecular weight is 429 g/mol. The molecule has 2 amide bonds. The van der Waals surface area contributed by atoms with Gasteiger partial charge in [0.2, 0.25) is 5.91 Å². The van der Waals surface area contributed by atoms with Crippen LogP contribution < -0.4 is 15.4 Å². The number of anilines is 1. The minimum absolute atomic E-state index is 0.0889. The molecule has 4 aliphatic rings. The molecule has 31 heavy (non-hydrogen) atoms.